The van der Waals surface area contributed by atoms with Crippen molar-refractivity contribution in [3.63, 3.8) is 0 Å². The van der Waals surface area contributed by atoms with Gasteiger partial charge in [-0.2, -0.15) is 8.42 Å². The third-order valence-corrected chi connectivity index (χ3v) is 6.53. The number of anilines is 2. The molecular weight excluding hydrogens is 489 g/mol. The van der Waals surface area contributed by atoms with Gasteiger partial charge in [-0.05, 0) is 19.9 Å². The molecule has 4 heterocycles. The second kappa shape index (κ2) is 9.17. The summed E-state index contributed by atoms with van der Waals surface area (Å²) >= 11 is 0. The van der Waals surface area contributed by atoms with Crippen molar-refractivity contribution in [2.24, 2.45) is 0 Å². The lowest BCUT2D eigenvalue weighted by Crippen LogP contribution is -2.46. The first-order valence-corrected chi connectivity index (χ1v) is 13.0. The third kappa shape index (κ3) is 4.68. The van der Waals surface area contributed by atoms with Crippen LogP contribution in [0.1, 0.15) is 25.7 Å². The van der Waals surface area contributed by atoms with Gasteiger partial charge in [-0.3, -0.25) is 4.18 Å². The van der Waals surface area contributed by atoms with Gasteiger partial charge in [0.05, 0.1) is 49.4 Å². The zero-order valence-corrected chi connectivity index (χ0v) is 20.2. The first kappa shape index (κ1) is 24.2. The van der Waals surface area contributed by atoms with E-state index in [1.165, 1.54) is 0 Å². The number of amides is 1. The molecule has 5 rings (SSSR count). The highest BCUT2D eigenvalue weighted by atomic mass is 32.2. The van der Waals surface area contributed by atoms with Gasteiger partial charge < -0.3 is 28.4 Å². The van der Waals surface area contributed by atoms with Crippen LogP contribution in [-0.4, -0.2) is 83.7 Å². The topological polar surface area (TPSA) is 130 Å². The predicted octanol–water partition coefficient (Wildman–Crippen LogP) is 1.93. The Labute approximate surface area is 200 Å². The smallest absolute Gasteiger partial charge is 0.416 e. The van der Waals surface area contributed by atoms with E-state index in [9.17, 15) is 13.2 Å². The van der Waals surface area contributed by atoms with Gasteiger partial charge in [-0.15, -0.1) is 0 Å². The van der Waals surface area contributed by atoms with Gasteiger partial charge in [-0.25, -0.2) is 14.1 Å². The minimum atomic E-state index is -3.76. The summed E-state index contributed by atoms with van der Waals surface area (Å²) < 4.78 is 71.5. The molecule has 0 N–H and O–H groups in total. The maximum atomic E-state index is 16.1. The summed E-state index contributed by atoms with van der Waals surface area (Å²) in [6.07, 6.45) is -0.967. The number of aromatic nitrogens is 1. The van der Waals surface area contributed by atoms with E-state index in [-0.39, 0.29) is 47.9 Å². The number of halogens is 1. The molecule has 1 aromatic carbocycles. The van der Waals surface area contributed by atoms with E-state index in [0.29, 0.717) is 31.9 Å². The van der Waals surface area contributed by atoms with Crippen molar-refractivity contribution in [3.05, 3.63) is 17.4 Å². The van der Waals surface area contributed by atoms with Crippen LogP contribution in [0.25, 0.3) is 11.0 Å². The first-order chi connectivity index (χ1) is 16.6. The Morgan fingerprint density at radius 2 is 1.89 bits per heavy atom. The van der Waals surface area contributed by atoms with Crippen molar-refractivity contribution < 1.29 is 45.3 Å². The van der Waals surface area contributed by atoms with Crippen LogP contribution in [0.4, 0.5) is 20.7 Å². The van der Waals surface area contributed by atoms with E-state index in [0.717, 1.165) is 11.2 Å². The number of hydrogen-bond acceptors (Lipinski definition) is 11. The molecule has 12 nitrogen and oxygen atoms in total. The lowest BCUT2D eigenvalue weighted by Gasteiger charge is -2.38. The van der Waals surface area contributed by atoms with Gasteiger partial charge >= 0.3 is 6.09 Å². The number of hydrogen-bond donors (Lipinski definition) is 0. The van der Waals surface area contributed by atoms with Gasteiger partial charge in [0.25, 0.3) is 10.1 Å². The molecule has 1 amide bonds. The van der Waals surface area contributed by atoms with E-state index >= 15 is 4.39 Å². The maximum absolute atomic E-state index is 16.1. The van der Waals surface area contributed by atoms with Crippen molar-refractivity contribution in [1.29, 1.82) is 0 Å². The van der Waals surface area contributed by atoms with Crippen molar-refractivity contribution in [1.82, 2.24) is 5.16 Å². The fourth-order valence-corrected chi connectivity index (χ4v) is 5.06. The molecule has 0 spiro atoms. The van der Waals surface area contributed by atoms with Gasteiger partial charge in [0, 0.05) is 18.7 Å². The number of cyclic esters (lactones) is 1. The third-order valence-electron chi connectivity index (χ3n) is 5.96. The fourth-order valence-electron chi connectivity index (χ4n) is 4.65. The predicted molar refractivity (Wildman–Crippen MR) is 119 cm³/mol. The first-order valence-electron chi connectivity index (χ1n) is 11.2. The highest BCUT2D eigenvalue weighted by Gasteiger charge is 2.40. The molecule has 35 heavy (non-hydrogen) atoms. The lowest BCUT2D eigenvalue weighted by molar-refractivity contribution is -0.0445. The Morgan fingerprint density at radius 1 is 1.20 bits per heavy atom. The summed E-state index contributed by atoms with van der Waals surface area (Å²) in [6.45, 7) is 4.91. The van der Waals surface area contributed by atoms with E-state index < -0.39 is 34.4 Å². The molecule has 0 saturated carbocycles. The van der Waals surface area contributed by atoms with Gasteiger partial charge in [0.2, 0.25) is 5.58 Å². The van der Waals surface area contributed by atoms with Gasteiger partial charge in [-0.1, -0.05) is 5.16 Å². The van der Waals surface area contributed by atoms with E-state index in [2.05, 4.69) is 5.16 Å². The Balaban J connectivity index is 1.60. The van der Waals surface area contributed by atoms with Crippen LogP contribution in [0.15, 0.2) is 10.6 Å². The number of nitrogens with zero attached hydrogens (tertiary/aromatic N) is 3. The SMILES string of the molecule is C[C@@H]1CN(c2c(C3OCCO3)cc3c(N4C(=O)OC[C@@H]4COS(C)(=O)=O)noc3c2F)C[C@@H](C)O1. The summed E-state index contributed by atoms with van der Waals surface area (Å²) in [5.41, 5.74) is 0.524. The Morgan fingerprint density at radius 3 is 2.54 bits per heavy atom. The minimum absolute atomic E-state index is 0.0157. The van der Waals surface area contributed by atoms with E-state index in [1.54, 1.807) is 6.07 Å². The molecule has 2 aromatic rings. The zero-order valence-electron chi connectivity index (χ0n) is 19.4. The molecule has 14 heteroatoms. The second-order valence-corrected chi connectivity index (χ2v) is 10.5. The zero-order chi connectivity index (χ0) is 24.9. The minimum Gasteiger partial charge on any atom is -0.447 e. The Hall–Kier alpha value is -2.52. The molecule has 0 unspecified atom stereocenters. The molecule has 0 radical (unpaired) electrons. The van der Waals surface area contributed by atoms with Crippen LogP contribution in [-0.2, 0) is 33.2 Å². The van der Waals surface area contributed by atoms with Crippen LogP contribution in [0, 0.1) is 5.82 Å². The lowest BCUT2D eigenvalue weighted by atomic mass is 10.0. The highest BCUT2D eigenvalue weighted by Crippen LogP contribution is 2.42. The number of morpholine rings is 1. The van der Waals surface area contributed by atoms with Crippen molar-refractivity contribution >= 4 is 38.7 Å². The number of rotatable bonds is 6. The number of benzene rings is 1. The monoisotopic (exact) mass is 515 g/mol. The molecular formula is C21H26FN3O9S. The molecule has 3 saturated heterocycles. The van der Waals surface area contributed by atoms with Crippen LogP contribution < -0.4 is 9.80 Å². The molecule has 3 aliphatic heterocycles. The summed E-state index contributed by atoms with van der Waals surface area (Å²) in [7, 11) is -3.76. The molecule has 192 valence electrons. The van der Waals surface area contributed by atoms with Crippen LogP contribution >= 0.6 is 0 Å². The standard InChI is InChI=1S/C21H26FN3O9S/c1-11-7-24(8-12(2)33-11)17-14(20-29-4-5-30-20)6-15-18(16(17)22)34-23-19(15)25-13(9-31-21(25)26)10-32-35(3,27)28/h6,11-13,20H,4-5,7-10H2,1-3H3/t11-,12-,13-/m1/s1. The Bertz CT molecular complexity index is 1220. The van der Waals surface area contributed by atoms with Crippen LogP contribution in [0.3, 0.4) is 0 Å². The molecule has 3 aliphatic rings. The van der Waals surface area contributed by atoms with Crippen molar-refractivity contribution in [2.45, 2.75) is 38.4 Å². The van der Waals surface area contributed by atoms with Gasteiger partial charge in [0.15, 0.2) is 17.9 Å². The summed E-state index contributed by atoms with van der Waals surface area (Å²) in [5, 5.41) is 4.14. The largest absolute Gasteiger partial charge is 0.447 e. The maximum Gasteiger partial charge on any atom is 0.416 e. The molecule has 1 aromatic heterocycles. The number of carbonyl (C=O) groups excluding carboxylic acids is 1. The number of carbonyl (C=O) groups is 1. The second-order valence-electron chi connectivity index (χ2n) is 8.84. The summed E-state index contributed by atoms with van der Waals surface area (Å²) in [5.74, 6) is -0.689. The van der Waals surface area contributed by atoms with Crippen LogP contribution in [0.2, 0.25) is 0 Å². The van der Waals surface area contributed by atoms with E-state index in [1.807, 2.05) is 18.7 Å². The molecule has 0 aliphatic carbocycles. The molecule has 3 fully saturated rings. The molecule has 3 atom stereocenters. The van der Waals surface area contributed by atoms with E-state index in [4.69, 9.17) is 27.7 Å². The van der Waals surface area contributed by atoms with Crippen molar-refractivity contribution in [3.8, 4) is 0 Å². The van der Waals surface area contributed by atoms with Gasteiger partial charge in [0.1, 0.15) is 12.6 Å². The average molecular weight is 516 g/mol. The highest BCUT2D eigenvalue weighted by molar-refractivity contribution is 7.85. The van der Waals surface area contributed by atoms with Crippen LogP contribution in [0.5, 0.6) is 0 Å². The summed E-state index contributed by atoms with van der Waals surface area (Å²) in [6, 6.07) is 0.817. The fraction of sp³-hybridized carbons (Fsp3) is 0.619. The quantitative estimate of drug-likeness (QED) is 0.523. The normalized spacial score (nSPS) is 26.2. The number of fused-ring (bicyclic) bond motifs is 1. The molecule has 0 bridgehead atoms. The summed E-state index contributed by atoms with van der Waals surface area (Å²) in [4.78, 5) is 15.5. The average Bonchev–Trinajstić information content (AvgIpc) is 3.50. The Kier molecular flexibility index (Phi) is 6.34. The number of ether oxygens (including phenoxy) is 4. The van der Waals surface area contributed by atoms with Crippen molar-refractivity contribution in [2.75, 3.05) is 55.6 Å².